The van der Waals surface area contributed by atoms with Crippen LogP contribution in [0.15, 0.2) is 48.6 Å². The van der Waals surface area contributed by atoms with Crippen molar-refractivity contribution in [3.8, 4) is 23.0 Å². The Kier molecular flexibility index (Phi) is 8.03. The molecule has 2 rings (SSSR count). The fourth-order valence-electron chi connectivity index (χ4n) is 2.52. The first-order valence-electron chi connectivity index (χ1n) is 8.85. The molecule has 29 heavy (non-hydrogen) atoms. The molecule has 6 nitrogen and oxygen atoms in total. The van der Waals surface area contributed by atoms with Gasteiger partial charge in [0.2, 0.25) is 0 Å². The van der Waals surface area contributed by atoms with Gasteiger partial charge >= 0.3 is 0 Å². The van der Waals surface area contributed by atoms with Gasteiger partial charge < -0.3 is 18.9 Å². The second-order valence-corrected chi connectivity index (χ2v) is 6.07. The van der Waals surface area contributed by atoms with E-state index in [-0.39, 0.29) is 18.0 Å². The van der Waals surface area contributed by atoms with E-state index in [1.54, 1.807) is 77.0 Å². The fraction of sp³-hybridized carbons (Fsp3) is 0.217. The number of allylic oxidation sites excluding steroid dienone is 2. The van der Waals surface area contributed by atoms with E-state index in [0.29, 0.717) is 23.0 Å². The molecule has 0 N–H and O–H groups in total. The predicted octanol–water partition coefficient (Wildman–Crippen LogP) is 3.98. The maximum atomic E-state index is 12.1. The summed E-state index contributed by atoms with van der Waals surface area (Å²) in [4.78, 5) is 24.2. The number of rotatable bonds is 10. The summed E-state index contributed by atoms with van der Waals surface area (Å²) in [7, 11) is 6.21. The first-order chi connectivity index (χ1) is 14.0. The Labute approximate surface area is 170 Å². The first kappa shape index (κ1) is 21.8. The van der Waals surface area contributed by atoms with Crippen LogP contribution in [0.3, 0.4) is 0 Å². The van der Waals surface area contributed by atoms with Crippen molar-refractivity contribution < 1.29 is 28.5 Å². The van der Waals surface area contributed by atoms with Crippen LogP contribution >= 0.6 is 0 Å². The summed E-state index contributed by atoms with van der Waals surface area (Å²) < 4.78 is 20.8. The van der Waals surface area contributed by atoms with Crippen molar-refractivity contribution in [2.24, 2.45) is 0 Å². The molecule has 0 radical (unpaired) electrons. The van der Waals surface area contributed by atoms with Crippen molar-refractivity contribution in [1.29, 1.82) is 0 Å². The zero-order valence-electron chi connectivity index (χ0n) is 16.9. The van der Waals surface area contributed by atoms with Crippen molar-refractivity contribution in [1.82, 2.24) is 0 Å². The number of hydrogen-bond acceptors (Lipinski definition) is 6. The van der Waals surface area contributed by atoms with Crippen LogP contribution in [0, 0.1) is 0 Å². The molecule has 0 spiro atoms. The lowest BCUT2D eigenvalue weighted by molar-refractivity contribution is -0.121. The predicted molar refractivity (Wildman–Crippen MR) is 112 cm³/mol. The number of carbonyl (C=O) groups excluding carboxylic acids is 2. The molecule has 0 atom stereocenters. The van der Waals surface area contributed by atoms with Gasteiger partial charge in [0.05, 0.1) is 34.9 Å². The lowest BCUT2D eigenvalue weighted by Crippen LogP contribution is -2.02. The second-order valence-electron chi connectivity index (χ2n) is 6.07. The van der Waals surface area contributed by atoms with Gasteiger partial charge in [0.25, 0.3) is 0 Å². The number of ether oxygens (including phenoxy) is 4. The summed E-state index contributed by atoms with van der Waals surface area (Å²) >= 11 is 0. The summed E-state index contributed by atoms with van der Waals surface area (Å²) in [6, 6.07) is 10.5. The molecule has 0 aliphatic heterocycles. The third-order valence-electron chi connectivity index (χ3n) is 4.02. The molecule has 0 fully saturated rings. The number of methoxy groups -OCH3 is 4. The fourth-order valence-corrected chi connectivity index (χ4v) is 2.52. The summed E-state index contributed by atoms with van der Waals surface area (Å²) in [5.74, 6) is 1.86. The van der Waals surface area contributed by atoms with E-state index >= 15 is 0 Å². The Balaban J connectivity index is 2.01. The van der Waals surface area contributed by atoms with Gasteiger partial charge in [0.15, 0.2) is 11.6 Å². The van der Waals surface area contributed by atoms with Crippen LogP contribution < -0.4 is 18.9 Å². The summed E-state index contributed by atoms with van der Waals surface area (Å²) in [6.45, 7) is 0. The van der Waals surface area contributed by atoms with Gasteiger partial charge in [-0.05, 0) is 47.5 Å². The highest BCUT2D eigenvalue weighted by Gasteiger charge is 2.06. The van der Waals surface area contributed by atoms with E-state index in [1.165, 1.54) is 12.2 Å². The largest absolute Gasteiger partial charge is 0.497 e. The molecule has 0 aliphatic rings. The average Bonchev–Trinajstić information content (AvgIpc) is 2.75. The molecule has 0 aromatic heterocycles. The zero-order valence-corrected chi connectivity index (χ0v) is 16.9. The number of benzene rings is 2. The van der Waals surface area contributed by atoms with Crippen LogP contribution in [0.5, 0.6) is 23.0 Å². The summed E-state index contributed by atoms with van der Waals surface area (Å²) in [5, 5.41) is 0. The highest BCUT2D eigenvalue weighted by Crippen LogP contribution is 2.24. The van der Waals surface area contributed by atoms with Gasteiger partial charge in [-0.1, -0.05) is 12.2 Å². The molecule has 152 valence electrons. The average molecular weight is 396 g/mol. The van der Waals surface area contributed by atoms with E-state index in [1.807, 2.05) is 0 Å². The van der Waals surface area contributed by atoms with E-state index in [0.717, 1.165) is 11.1 Å². The van der Waals surface area contributed by atoms with Crippen LogP contribution in [0.2, 0.25) is 0 Å². The first-order valence-corrected chi connectivity index (χ1v) is 8.85. The van der Waals surface area contributed by atoms with Crippen molar-refractivity contribution >= 4 is 23.7 Å². The quantitative estimate of drug-likeness (QED) is 0.447. The van der Waals surface area contributed by atoms with Gasteiger partial charge in [0, 0.05) is 12.1 Å². The summed E-state index contributed by atoms with van der Waals surface area (Å²) in [6.07, 6.45) is 5.76. The second kappa shape index (κ2) is 10.7. The maximum Gasteiger partial charge on any atom is 0.163 e. The molecule has 0 bridgehead atoms. The minimum atomic E-state index is -0.301. The normalized spacial score (nSPS) is 10.9. The third-order valence-corrected chi connectivity index (χ3v) is 4.02. The molecule has 2 aromatic carbocycles. The molecule has 0 heterocycles. The molecule has 0 aliphatic carbocycles. The van der Waals surface area contributed by atoms with Gasteiger partial charge in [0.1, 0.15) is 23.0 Å². The van der Waals surface area contributed by atoms with Gasteiger partial charge in [-0.3, -0.25) is 9.59 Å². The van der Waals surface area contributed by atoms with Crippen LogP contribution in [-0.4, -0.2) is 40.0 Å². The Hall–Kier alpha value is -3.54. The van der Waals surface area contributed by atoms with Crippen molar-refractivity contribution in [2.45, 2.75) is 6.42 Å². The van der Waals surface area contributed by atoms with Crippen molar-refractivity contribution in [2.75, 3.05) is 28.4 Å². The van der Waals surface area contributed by atoms with Gasteiger partial charge in [-0.25, -0.2) is 0 Å². The molecule has 6 heteroatoms. The maximum absolute atomic E-state index is 12.1. The van der Waals surface area contributed by atoms with Crippen molar-refractivity contribution in [3.05, 3.63) is 59.7 Å². The van der Waals surface area contributed by atoms with Crippen LogP contribution in [0.25, 0.3) is 12.2 Å². The Morgan fingerprint density at radius 1 is 0.621 bits per heavy atom. The van der Waals surface area contributed by atoms with Gasteiger partial charge in [-0.2, -0.15) is 0 Å². The standard InChI is InChI=1S/C23H24O6/c1-26-20-9-16(10-21(14-20)27-2)5-7-18(24)13-19(25)8-6-17-11-22(28-3)15-23(12-17)29-4/h5-12,14-15H,13H2,1-4H3/b7-5+,8-6+. The van der Waals surface area contributed by atoms with Crippen LogP contribution in [-0.2, 0) is 9.59 Å². The van der Waals surface area contributed by atoms with E-state index < -0.39 is 0 Å². The van der Waals surface area contributed by atoms with Crippen molar-refractivity contribution in [3.63, 3.8) is 0 Å². The topological polar surface area (TPSA) is 71.1 Å². The monoisotopic (exact) mass is 396 g/mol. The smallest absolute Gasteiger partial charge is 0.163 e. The third kappa shape index (κ3) is 6.84. The molecule has 0 saturated carbocycles. The number of carbonyl (C=O) groups is 2. The van der Waals surface area contributed by atoms with E-state index in [2.05, 4.69) is 0 Å². The summed E-state index contributed by atoms with van der Waals surface area (Å²) in [5.41, 5.74) is 1.47. The lowest BCUT2D eigenvalue weighted by Gasteiger charge is -2.05. The molecular formula is C23H24O6. The minimum absolute atomic E-state index is 0.227. The Morgan fingerprint density at radius 3 is 1.21 bits per heavy atom. The highest BCUT2D eigenvalue weighted by molar-refractivity contribution is 6.10. The van der Waals surface area contributed by atoms with Crippen LogP contribution in [0.1, 0.15) is 17.5 Å². The Morgan fingerprint density at radius 2 is 0.931 bits per heavy atom. The molecule has 0 amide bonds. The zero-order chi connectivity index (χ0) is 21.2. The lowest BCUT2D eigenvalue weighted by atomic mass is 10.1. The number of ketones is 2. The van der Waals surface area contributed by atoms with Gasteiger partial charge in [-0.15, -0.1) is 0 Å². The highest BCUT2D eigenvalue weighted by atomic mass is 16.5. The molecular weight excluding hydrogens is 372 g/mol. The van der Waals surface area contributed by atoms with E-state index in [9.17, 15) is 9.59 Å². The molecule has 2 aromatic rings. The SMILES string of the molecule is COc1cc(/C=C/C(=O)CC(=O)/C=C/c2cc(OC)cc(OC)c2)cc(OC)c1. The molecule has 0 saturated heterocycles. The van der Waals surface area contributed by atoms with E-state index in [4.69, 9.17) is 18.9 Å². The van der Waals surface area contributed by atoms with Crippen LogP contribution in [0.4, 0.5) is 0 Å². The number of hydrogen-bond donors (Lipinski definition) is 0. The minimum Gasteiger partial charge on any atom is -0.497 e. The Bertz CT molecular complexity index is 807. The molecule has 0 unspecified atom stereocenters.